The van der Waals surface area contributed by atoms with Crippen molar-refractivity contribution in [1.82, 2.24) is 4.90 Å². The molecule has 0 amide bonds. The third-order valence-corrected chi connectivity index (χ3v) is 3.60. The molecular weight excluding hydrogens is 226 g/mol. The first-order chi connectivity index (χ1) is 8.79. The van der Waals surface area contributed by atoms with E-state index < -0.39 is 0 Å². The molecule has 0 saturated carbocycles. The first-order valence-electron chi connectivity index (χ1n) is 6.86. The van der Waals surface area contributed by atoms with Crippen LogP contribution in [0.1, 0.15) is 30.6 Å². The largest absolute Gasteiger partial charge is 0.388 e. The van der Waals surface area contributed by atoms with Gasteiger partial charge >= 0.3 is 0 Å². The summed E-state index contributed by atoms with van der Waals surface area (Å²) in [6.45, 7) is 6.70. The molecule has 1 unspecified atom stereocenters. The van der Waals surface area contributed by atoms with Crippen LogP contribution in [0.3, 0.4) is 0 Å². The maximum atomic E-state index is 10.2. The molecule has 18 heavy (non-hydrogen) atoms. The summed E-state index contributed by atoms with van der Waals surface area (Å²) in [7, 11) is 0. The number of morpholine rings is 1. The number of benzene rings is 1. The first-order valence-corrected chi connectivity index (χ1v) is 6.86. The van der Waals surface area contributed by atoms with E-state index in [9.17, 15) is 5.11 Å². The van der Waals surface area contributed by atoms with E-state index in [1.807, 2.05) is 12.1 Å². The summed E-state index contributed by atoms with van der Waals surface area (Å²) in [6, 6.07) is 8.30. The van der Waals surface area contributed by atoms with Gasteiger partial charge in [-0.3, -0.25) is 4.90 Å². The van der Waals surface area contributed by atoms with Crippen molar-refractivity contribution in [2.24, 2.45) is 0 Å². The number of aliphatic hydroxyl groups is 1. The number of aryl methyl sites for hydroxylation is 1. The topological polar surface area (TPSA) is 32.7 Å². The molecule has 0 radical (unpaired) electrons. The lowest BCUT2D eigenvalue weighted by Gasteiger charge is -2.27. The van der Waals surface area contributed by atoms with E-state index in [0.29, 0.717) is 0 Å². The zero-order chi connectivity index (χ0) is 12.8. The monoisotopic (exact) mass is 249 g/mol. The molecule has 0 bridgehead atoms. The van der Waals surface area contributed by atoms with Crippen molar-refractivity contribution in [2.45, 2.75) is 25.9 Å². The van der Waals surface area contributed by atoms with Gasteiger partial charge in [0.25, 0.3) is 0 Å². The lowest BCUT2D eigenvalue weighted by Crippen LogP contribution is -2.37. The van der Waals surface area contributed by atoms with Gasteiger partial charge in [0.05, 0.1) is 19.3 Å². The Labute approximate surface area is 109 Å². The van der Waals surface area contributed by atoms with E-state index in [2.05, 4.69) is 24.0 Å². The Bertz CT molecular complexity index is 344. The highest BCUT2D eigenvalue weighted by atomic mass is 16.5. The Balaban J connectivity index is 1.80. The van der Waals surface area contributed by atoms with Crippen LogP contribution in [0.4, 0.5) is 0 Å². The summed E-state index contributed by atoms with van der Waals surface area (Å²) in [5.74, 6) is 0. The van der Waals surface area contributed by atoms with E-state index in [4.69, 9.17) is 4.74 Å². The van der Waals surface area contributed by atoms with Crippen molar-refractivity contribution in [3.63, 3.8) is 0 Å². The molecule has 1 aromatic carbocycles. The molecular formula is C15H23NO2. The van der Waals surface area contributed by atoms with Crippen LogP contribution in [0.5, 0.6) is 0 Å². The van der Waals surface area contributed by atoms with E-state index in [1.54, 1.807) is 0 Å². The van der Waals surface area contributed by atoms with E-state index in [1.165, 1.54) is 5.56 Å². The van der Waals surface area contributed by atoms with E-state index in [-0.39, 0.29) is 6.10 Å². The average Bonchev–Trinajstić information content (AvgIpc) is 2.46. The van der Waals surface area contributed by atoms with Gasteiger partial charge in [-0.15, -0.1) is 0 Å². The molecule has 1 fully saturated rings. The van der Waals surface area contributed by atoms with Crippen molar-refractivity contribution in [3.05, 3.63) is 35.4 Å². The Morgan fingerprint density at radius 2 is 1.89 bits per heavy atom. The Hall–Kier alpha value is -0.900. The highest BCUT2D eigenvalue weighted by molar-refractivity contribution is 5.24. The lowest BCUT2D eigenvalue weighted by atomic mass is 10.0. The highest BCUT2D eigenvalue weighted by Crippen LogP contribution is 2.18. The fourth-order valence-corrected chi connectivity index (χ4v) is 2.27. The zero-order valence-electron chi connectivity index (χ0n) is 11.1. The van der Waals surface area contributed by atoms with Crippen LogP contribution in [0.2, 0.25) is 0 Å². The predicted molar refractivity (Wildman–Crippen MR) is 72.7 cm³/mol. The number of hydrogen-bond donors (Lipinski definition) is 1. The molecule has 1 aliphatic rings. The average molecular weight is 249 g/mol. The molecule has 1 heterocycles. The summed E-state index contributed by atoms with van der Waals surface area (Å²) < 4.78 is 5.31. The smallest absolute Gasteiger partial charge is 0.0802 e. The van der Waals surface area contributed by atoms with E-state index >= 15 is 0 Å². The maximum absolute atomic E-state index is 10.2. The van der Waals surface area contributed by atoms with Crippen LogP contribution in [-0.4, -0.2) is 42.9 Å². The number of rotatable bonds is 5. The molecule has 0 spiro atoms. The molecule has 100 valence electrons. The predicted octanol–water partition coefficient (Wildman–Crippen LogP) is 2.00. The van der Waals surface area contributed by atoms with Crippen LogP contribution in [0.15, 0.2) is 24.3 Å². The fraction of sp³-hybridized carbons (Fsp3) is 0.600. The second-order valence-corrected chi connectivity index (χ2v) is 4.85. The number of nitrogens with zero attached hydrogens (tertiary/aromatic N) is 1. The molecule has 2 rings (SSSR count). The molecule has 1 N–H and O–H groups in total. The number of hydrogen-bond acceptors (Lipinski definition) is 3. The van der Waals surface area contributed by atoms with Crippen LogP contribution >= 0.6 is 0 Å². The van der Waals surface area contributed by atoms with Gasteiger partial charge in [0.1, 0.15) is 0 Å². The Kier molecular flexibility index (Phi) is 5.17. The summed E-state index contributed by atoms with van der Waals surface area (Å²) in [4.78, 5) is 2.35. The van der Waals surface area contributed by atoms with Crippen LogP contribution in [-0.2, 0) is 11.2 Å². The standard InChI is InChI=1S/C15H23NO2/c1-2-13-3-5-14(6-4-13)15(17)7-8-16-9-11-18-12-10-16/h3-6,15,17H,2,7-12H2,1H3. The highest BCUT2D eigenvalue weighted by Gasteiger charge is 2.13. The van der Waals surface area contributed by atoms with Crippen molar-refractivity contribution in [2.75, 3.05) is 32.8 Å². The van der Waals surface area contributed by atoms with Crippen molar-refractivity contribution in [3.8, 4) is 0 Å². The van der Waals surface area contributed by atoms with Crippen molar-refractivity contribution < 1.29 is 9.84 Å². The molecule has 0 aliphatic carbocycles. The quantitative estimate of drug-likeness (QED) is 0.866. The minimum atomic E-state index is -0.348. The van der Waals surface area contributed by atoms with Gasteiger partial charge in [-0.1, -0.05) is 31.2 Å². The van der Waals surface area contributed by atoms with Crippen molar-refractivity contribution >= 4 is 0 Å². The van der Waals surface area contributed by atoms with Crippen molar-refractivity contribution in [1.29, 1.82) is 0 Å². The summed E-state index contributed by atoms with van der Waals surface area (Å²) in [6.07, 6.45) is 1.49. The van der Waals surface area contributed by atoms with E-state index in [0.717, 1.165) is 51.3 Å². The van der Waals surface area contributed by atoms with Gasteiger partial charge in [-0.25, -0.2) is 0 Å². The number of aliphatic hydroxyl groups excluding tert-OH is 1. The molecule has 3 heteroatoms. The second kappa shape index (κ2) is 6.88. The summed E-state index contributed by atoms with van der Waals surface area (Å²) in [5, 5.41) is 10.2. The number of ether oxygens (including phenoxy) is 1. The van der Waals surface area contributed by atoms with Crippen LogP contribution in [0, 0.1) is 0 Å². The SMILES string of the molecule is CCc1ccc(C(O)CCN2CCOCC2)cc1. The van der Waals surface area contributed by atoms with Crippen LogP contribution in [0.25, 0.3) is 0 Å². The maximum Gasteiger partial charge on any atom is 0.0802 e. The summed E-state index contributed by atoms with van der Waals surface area (Å²) >= 11 is 0. The van der Waals surface area contributed by atoms with Gasteiger partial charge in [0, 0.05) is 19.6 Å². The fourth-order valence-electron chi connectivity index (χ4n) is 2.27. The van der Waals surface area contributed by atoms with Gasteiger partial charge in [-0.05, 0) is 24.0 Å². The zero-order valence-corrected chi connectivity index (χ0v) is 11.1. The molecule has 0 aromatic heterocycles. The Morgan fingerprint density at radius 3 is 2.50 bits per heavy atom. The second-order valence-electron chi connectivity index (χ2n) is 4.85. The minimum Gasteiger partial charge on any atom is -0.388 e. The molecule has 1 atom stereocenters. The molecule has 1 saturated heterocycles. The lowest BCUT2D eigenvalue weighted by molar-refractivity contribution is 0.0300. The molecule has 1 aromatic rings. The van der Waals surface area contributed by atoms with Crippen LogP contribution < -0.4 is 0 Å². The van der Waals surface area contributed by atoms with Gasteiger partial charge in [-0.2, -0.15) is 0 Å². The third-order valence-electron chi connectivity index (χ3n) is 3.60. The Morgan fingerprint density at radius 1 is 1.22 bits per heavy atom. The summed E-state index contributed by atoms with van der Waals surface area (Å²) in [5.41, 5.74) is 2.35. The van der Waals surface area contributed by atoms with Gasteiger partial charge < -0.3 is 9.84 Å². The third kappa shape index (κ3) is 3.80. The normalized spacial score (nSPS) is 18.8. The minimum absolute atomic E-state index is 0.348. The molecule has 1 aliphatic heterocycles. The van der Waals surface area contributed by atoms with Gasteiger partial charge in [0.2, 0.25) is 0 Å². The first kappa shape index (κ1) is 13.5. The van der Waals surface area contributed by atoms with Gasteiger partial charge in [0.15, 0.2) is 0 Å². The molecule has 3 nitrogen and oxygen atoms in total.